The largest absolute Gasteiger partial charge is 0.472 e. The van der Waals surface area contributed by atoms with Crippen molar-refractivity contribution < 1.29 is 9.15 Å². The Hall–Kier alpha value is -0.800. The summed E-state index contributed by atoms with van der Waals surface area (Å²) in [5, 5.41) is 0. The van der Waals surface area contributed by atoms with Gasteiger partial charge in [-0.3, -0.25) is 0 Å². The first-order chi connectivity index (χ1) is 5.84. The zero-order valence-corrected chi connectivity index (χ0v) is 7.32. The highest BCUT2D eigenvalue weighted by Gasteiger charge is 2.05. The lowest BCUT2D eigenvalue weighted by molar-refractivity contribution is 0.140. The summed E-state index contributed by atoms with van der Waals surface area (Å²) >= 11 is 0. The Morgan fingerprint density at radius 3 is 3.08 bits per heavy atom. The average Bonchev–Trinajstić information content (AvgIpc) is 2.56. The van der Waals surface area contributed by atoms with E-state index < -0.39 is 0 Å². The Kier molecular flexibility index (Phi) is 3.84. The van der Waals surface area contributed by atoms with Crippen LogP contribution >= 0.6 is 0 Å². The molecule has 0 bridgehead atoms. The Balaban J connectivity index is 2.25. The first-order valence-corrected chi connectivity index (χ1v) is 4.20. The molecule has 0 aromatic carbocycles. The fraction of sp³-hybridized carbons (Fsp3) is 0.556. The number of nitrogens with two attached hydrogens (primary N) is 1. The molecule has 1 aromatic rings. The molecule has 0 saturated carbocycles. The summed E-state index contributed by atoms with van der Waals surface area (Å²) in [6, 6.07) is 1.92. The van der Waals surface area contributed by atoms with Crippen LogP contribution in [0.15, 0.2) is 23.0 Å². The molecule has 0 saturated heterocycles. The molecule has 0 aliphatic carbocycles. The third kappa shape index (κ3) is 2.68. The van der Waals surface area contributed by atoms with E-state index in [1.807, 2.05) is 13.0 Å². The summed E-state index contributed by atoms with van der Waals surface area (Å²) < 4.78 is 10.1. The SMILES string of the molecule is CCOCCC(N)c1ccoc1. The van der Waals surface area contributed by atoms with Crippen molar-refractivity contribution in [1.29, 1.82) is 0 Å². The van der Waals surface area contributed by atoms with Gasteiger partial charge in [-0.25, -0.2) is 0 Å². The van der Waals surface area contributed by atoms with Crippen LogP contribution in [0.4, 0.5) is 0 Å². The number of rotatable bonds is 5. The molecular formula is C9H15NO2. The number of hydrogen-bond acceptors (Lipinski definition) is 3. The van der Waals surface area contributed by atoms with E-state index in [1.165, 1.54) is 0 Å². The van der Waals surface area contributed by atoms with Crippen molar-refractivity contribution in [3.8, 4) is 0 Å². The fourth-order valence-corrected chi connectivity index (χ4v) is 1.01. The lowest BCUT2D eigenvalue weighted by Crippen LogP contribution is -2.12. The van der Waals surface area contributed by atoms with E-state index in [2.05, 4.69) is 0 Å². The van der Waals surface area contributed by atoms with E-state index in [1.54, 1.807) is 12.5 Å². The van der Waals surface area contributed by atoms with Crippen LogP contribution < -0.4 is 5.73 Å². The molecule has 3 nitrogen and oxygen atoms in total. The average molecular weight is 169 g/mol. The van der Waals surface area contributed by atoms with Crippen LogP contribution in [0.3, 0.4) is 0 Å². The molecule has 0 radical (unpaired) electrons. The Bertz CT molecular complexity index is 196. The lowest BCUT2D eigenvalue weighted by Gasteiger charge is -2.08. The van der Waals surface area contributed by atoms with Gasteiger partial charge in [0.25, 0.3) is 0 Å². The molecule has 68 valence electrons. The van der Waals surface area contributed by atoms with E-state index in [0.29, 0.717) is 6.61 Å². The molecule has 0 amide bonds. The maximum atomic E-state index is 5.84. The van der Waals surface area contributed by atoms with E-state index in [4.69, 9.17) is 14.9 Å². The molecule has 1 unspecified atom stereocenters. The first-order valence-electron chi connectivity index (χ1n) is 4.20. The van der Waals surface area contributed by atoms with Crippen LogP contribution in [0.2, 0.25) is 0 Å². The van der Waals surface area contributed by atoms with Gasteiger partial charge in [0.15, 0.2) is 0 Å². The van der Waals surface area contributed by atoms with Gasteiger partial charge in [0, 0.05) is 24.8 Å². The monoisotopic (exact) mass is 169 g/mol. The number of ether oxygens (including phenoxy) is 1. The van der Waals surface area contributed by atoms with Crippen molar-refractivity contribution in [2.24, 2.45) is 5.73 Å². The van der Waals surface area contributed by atoms with E-state index in [-0.39, 0.29) is 6.04 Å². The summed E-state index contributed by atoms with van der Waals surface area (Å²) in [7, 11) is 0. The molecule has 1 heterocycles. The highest BCUT2D eigenvalue weighted by Crippen LogP contribution is 2.13. The molecule has 2 N–H and O–H groups in total. The van der Waals surface area contributed by atoms with Crippen molar-refractivity contribution in [2.45, 2.75) is 19.4 Å². The van der Waals surface area contributed by atoms with Gasteiger partial charge in [0.05, 0.1) is 12.5 Å². The van der Waals surface area contributed by atoms with Gasteiger partial charge < -0.3 is 14.9 Å². The summed E-state index contributed by atoms with van der Waals surface area (Å²) in [5.41, 5.74) is 6.88. The second-order valence-corrected chi connectivity index (χ2v) is 2.65. The molecule has 1 rings (SSSR count). The van der Waals surface area contributed by atoms with Crippen molar-refractivity contribution in [3.63, 3.8) is 0 Å². The molecule has 3 heteroatoms. The Morgan fingerprint density at radius 2 is 2.50 bits per heavy atom. The molecule has 0 fully saturated rings. The van der Waals surface area contributed by atoms with Crippen LogP contribution in [0.5, 0.6) is 0 Å². The van der Waals surface area contributed by atoms with E-state index in [9.17, 15) is 0 Å². The van der Waals surface area contributed by atoms with Gasteiger partial charge in [-0.15, -0.1) is 0 Å². The van der Waals surface area contributed by atoms with Crippen molar-refractivity contribution in [1.82, 2.24) is 0 Å². The first kappa shape index (κ1) is 9.29. The smallest absolute Gasteiger partial charge is 0.0950 e. The van der Waals surface area contributed by atoms with Crippen molar-refractivity contribution in [3.05, 3.63) is 24.2 Å². The van der Waals surface area contributed by atoms with Crippen LogP contribution in [0.1, 0.15) is 24.9 Å². The van der Waals surface area contributed by atoms with Crippen molar-refractivity contribution in [2.75, 3.05) is 13.2 Å². The number of furan rings is 1. The predicted molar refractivity (Wildman–Crippen MR) is 46.7 cm³/mol. The zero-order valence-electron chi connectivity index (χ0n) is 7.32. The summed E-state index contributed by atoms with van der Waals surface area (Å²) in [6.07, 6.45) is 4.15. The van der Waals surface area contributed by atoms with Gasteiger partial charge in [-0.2, -0.15) is 0 Å². The second kappa shape index (κ2) is 4.95. The Labute approximate surface area is 72.5 Å². The minimum atomic E-state index is 0.0373. The van der Waals surface area contributed by atoms with Gasteiger partial charge in [-0.1, -0.05) is 0 Å². The third-order valence-corrected chi connectivity index (χ3v) is 1.75. The van der Waals surface area contributed by atoms with Crippen LogP contribution in [-0.2, 0) is 4.74 Å². The molecule has 12 heavy (non-hydrogen) atoms. The zero-order chi connectivity index (χ0) is 8.81. The van der Waals surface area contributed by atoms with E-state index >= 15 is 0 Å². The van der Waals surface area contributed by atoms with Gasteiger partial charge in [0.2, 0.25) is 0 Å². The maximum absolute atomic E-state index is 5.84. The molecule has 1 atom stereocenters. The highest BCUT2D eigenvalue weighted by molar-refractivity contribution is 5.10. The van der Waals surface area contributed by atoms with E-state index in [0.717, 1.165) is 18.6 Å². The molecule has 0 aliphatic heterocycles. The minimum absolute atomic E-state index is 0.0373. The maximum Gasteiger partial charge on any atom is 0.0950 e. The van der Waals surface area contributed by atoms with Crippen LogP contribution in [0.25, 0.3) is 0 Å². The summed E-state index contributed by atoms with van der Waals surface area (Å²) in [6.45, 7) is 3.43. The molecular weight excluding hydrogens is 154 g/mol. The quantitative estimate of drug-likeness (QED) is 0.682. The summed E-state index contributed by atoms with van der Waals surface area (Å²) in [4.78, 5) is 0. The lowest BCUT2D eigenvalue weighted by atomic mass is 10.1. The molecule has 1 aromatic heterocycles. The summed E-state index contributed by atoms with van der Waals surface area (Å²) in [5.74, 6) is 0. The number of hydrogen-bond donors (Lipinski definition) is 1. The van der Waals surface area contributed by atoms with Crippen LogP contribution in [0, 0.1) is 0 Å². The van der Waals surface area contributed by atoms with Gasteiger partial charge in [-0.05, 0) is 19.4 Å². The van der Waals surface area contributed by atoms with Crippen LogP contribution in [-0.4, -0.2) is 13.2 Å². The standard InChI is InChI=1S/C9H15NO2/c1-2-11-6-4-9(10)8-3-5-12-7-8/h3,5,7,9H,2,4,6,10H2,1H3. The van der Waals surface area contributed by atoms with Gasteiger partial charge in [0.1, 0.15) is 0 Å². The Morgan fingerprint density at radius 1 is 1.67 bits per heavy atom. The third-order valence-electron chi connectivity index (χ3n) is 1.75. The molecule has 0 spiro atoms. The topological polar surface area (TPSA) is 48.4 Å². The second-order valence-electron chi connectivity index (χ2n) is 2.65. The normalized spacial score (nSPS) is 13.2. The minimum Gasteiger partial charge on any atom is -0.472 e. The van der Waals surface area contributed by atoms with Gasteiger partial charge >= 0.3 is 0 Å². The van der Waals surface area contributed by atoms with Crippen molar-refractivity contribution >= 4 is 0 Å². The fourth-order valence-electron chi connectivity index (χ4n) is 1.01. The highest BCUT2D eigenvalue weighted by atomic mass is 16.5. The molecule has 0 aliphatic rings. The predicted octanol–water partition coefficient (Wildman–Crippen LogP) is 1.71.